The molecule has 5 rings (SSSR count). The minimum atomic E-state index is -1.24. The van der Waals surface area contributed by atoms with Crippen molar-refractivity contribution in [3.8, 4) is 5.75 Å². The number of thioether (sulfide) groups is 1. The minimum absolute atomic E-state index is 0.144. The lowest BCUT2D eigenvalue weighted by molar-refractivity contribution is -0.124. The number of carbonyl (C=O) groups excluding carboxylic acids is 3. The highest BCUT2D eigenvalue weighted by molar-refractivity contribution is 8.02. The molecule has 1 saturated heterocycles. The molecule has 7 nitrogen and oxygen atoms in total. The van der Waals surface area contributed by atoms with E-state index in [1.54, 1.807) is 23.1 Å². The fraction of sp³-hybridized carbons (Fsp3) is 0.160. The van der Waals surface area contributed by atoms with Gasteiger partial charge in [0, 0.05) is 11.3 Å². The van der Waals surface area contributed by atoms with Crippen molar-refractivity contribution in [2.24, 2.45) is 0 Å². The van der Waals surface area contributed by atoms with Gasteiger partial charge in [0.1, 0.15) is 12.3 Å². The lowest BCUT2D eigenvalue weighted by Gasteiger charge is -2.33. The molecular formula is C25H21N3O4S. The number of fused-ring (bicyclic) bond motifs is 2. The van der Waals surface area contributed by atoms with Gasteiger partial charge in [0.2, 0.25) is 16.7 Å². The van der Waals surface area contributed by atoms with Gasteiger partial charge in [-0.15, -0.1) is 11.8 Å². The van der Waals surface area contributed by atoms with E-state index in [4.69, 9.17) is 4.74 Å². The van der Waals surface area contributed by atoms with Crippen LogP contribution in [0, 0.1) is 0 Å². The molecule has 0 bridgehead atoms. The molecule has 166 valence electrons. The van der Waals surface area contributed by atoms with E-state index in [1.165, 1.54) is 23.8 Å². The van der Waals surface area contributed by atoms with Crippen molar-refractivity contribution in [1.82, 2.24) is 0 Å². The molecule has 1 spiro atoms. The normalized spacial score (nSPS) is 19.2. The standard InChI is InChI=1S/C25H21N3O4S/c1-32-21-14-8-6-12-19(21)26-22(29)15-27-20-13-7-5-11-18(20)25(24(27)31)28(23(30)16-33-25)17-9-3-2-4-10-17/h2-14H,15-16H2,1H3,(H,26,29)/t25-/m1/s1. The van der Waals surface area contributed by atoms with E-state index in [0.717, 1.165) is 0 Å². The summed E-state index contributed by atoms with van der Waals surface area (Å²) in [4.78, 5) is 41.7. The third kappa shape index (κ3) is 3.34. The third-order valence-corrected chi connectivity index (χ3v) is 7.15. The molecular weight excluding hydrogens is 438 g/mol. The van der Waals surface area contributed by atoms with E-state index in [1.807, 2.05) is 60.7 Å². The van der Waals surface area contributed by atoms with Crippen LogP contribution in [0.5, 0.6) is 5.75 Å². The second kappa shape index (κ2) is 8.29. The van der Waals surface area contributed by atoms with Gasteiger partial charge in [-0.25, -0.2) is 0 Å². The molecule has 3 aromatic rings. The fourth-order valence-corrected chi connectivity index (χ4v) is 5.73. The Morgan fingerprint density at radius 1 is 1.00 bits per heavy atom. The topological polar surface area (TPSA) is 79.0 Å². The fourth-order valence-electron chi connectivity index (χ4n) is 4.37. The molecule has 1 fully saturated rings. The van der Waals surface area contributed by atoms with Gasteiger partial charge >= 0.3 is 0 Å². The predicted octanol–water partition coefficient (Wildman–Crippen LogP) is 3.61. The molecule has 8 heteroatoms. The van der Waals surface area contributed by atoms with Crippen molar-refractivity contribution in [2.75, 3.05) is 34.5 Å². The molecule has 2 aliphatic heterocycles. The van der Waals surface area contributed by atoms with Gasteiger partial charge in [-0.2, -0.15) is 0 Å². The maximum Gasteiger partial charge on any atom is 0.269 e. The SMILES string of the molecule is COc1ccccc1NC(=O)CN1C(=O)[C@]2(SCC(=O)N2c2ccccc2)c2ccccc21. The van der Waals surface area contributed by atoms with Crippen LogP contribution < -0.4 is 19.9 Å². The third-order valence-electron chi connectivity index (χ3n) is 5.76. The number of amides is 3. The highest BCUT2D eigenvalue weighted by Gasteiger charge is 2.61. The van der Waals surface area contributed by atoms with Crippen molar-refractivity contribution >= 4 is 46.5 Å². The first-order chi connectivity index (χ1) is 16.1. The Kier molecular flexibility index (Phi) is 5.30. The molecule has 0 aromatic heterocycles. The summed E-state index contributed by atoms with van der Waals surface area (Å²) in [6, 6.07) is 23.6. The number of hydrogen-bond acceptors (Lipinski definition) is 5. The number of para-hydroxylation sites is 4. The molecule has 0 radical (unpaired) electrons. The molecule has 1 N–H and O–H groups in total. The van der Waals surface area contributed by atoms with Crippen molar-refractivity contribution in [1.29, 1.82) is 0 Å². The lowest BCUT2D eigenvalue weighted by Crippen LogP contribution is -2.50. The van der Waals surface area contributed by atoms with Gasteiger partial charge < -0.3 is 10.1 Å². The molecule has 0 unspecified atom stereocenters. The summed E-state index contributed by atoms with van der Waals surface area (Å²) in [5.74, 6) is -0.104. The average molecular weight is 460 g/mol. The monoisotopic (exact) mass is 459 g/mol. The summed E-state index contributed by atoms with van der Waals surface area (Å²) < 4.78 is 5.30. The van der Waals surface area contributed by atoms with Crippen LogP contribution in [0.2, 0.25) is 0 Å². The number of benzene rings is 3. The number of anilines is 3. The predicted molar refractivity (Wildman–Crippen MR) is 128 cm³/mol. The Balaban J connectivity index is 1.51. The number of nitrogens with one attached hydrogen (secondary N) is 1. The van der Waals surface area contributed by atoms with E-state index in [2.05, 4.69) is 5.32 Å². The molecule has 0 saturated carbocycles. The number of methoxy groups -OCH3 is 1. The molecule has 2 aliphatic rings. The minimum Gasteiger partial charge on any atom is -0.495 e. The molecule has 0 aliphatic carbocycles. The van der Waals surface area contributed by atoms with Crippen LogP contribution in [0.1, 0.15) is 5.56 Å². The first-order valence-corrected chi connectivity index (χ1v) is 11.4. The van der Waals surface area contributed by atoms with E-state index in [-0.39, 0.29) is 30.0 Å². The van der Waals surface area contributed by atoms with Crippen LogP contribution in [0.4, 0.5) is 17.1 Å². The maximum absolute atomic E-state index is 13.9. The summed E-state index contributed by atoms with van der Waals surface area (Å²) in [5.41, 5.74) is 2.51. The lowest BCUT2D eigenvalue weighted by atomic mass is 10.0. The molecule has 2 heterocycles. The van der Waals surface area contributed by atoms with Gasteiger partial charge in [0.15, 0.2) is 0 Å². The number of hydrogen-bond donors (Lipinski definition) is 1. The largest absolute Gasteiger partial charge is 0.495 e. The van der Waals surface area contributed by atoms with Crippen LogP contribution in [0.3, 0.4) is 0 Å². The smallest absolute Gasteiger partial charge is 0.269 e. The Hall–Kier alpha value is -3.78. The van der Waals surface area contributed by atoms with E-state index >= 15 is 0 Å². The van der Waals surface area contributed by atoms with Crippen LogP contribution in [0.25, 0.3) is 0 Å². The Bertz CT molecular complexity index is 1250. The first-order valence-electron chi connectivity index (χ1n) is 10.4. The van der Waals surface area contributed by atoms with E-state index in [9.17, 15) is 14.4 Å². The van der Waals surface area contributed by atoms with Crippen molar-refractivity contribution < 1.29 is 19.1 Å². The second-order valence-electron chi connectivity index (χ2n) is 7.65. The van der Waals surface area contributed by atoms with Crippen molar-refractivity contribution in [3.63, 3.8) is 0 Å². The molecule has 33 heavy (non-hydrogen) atoms. The summed E-state index contributed by atoms with van der Waals surface area (Å²) in [6.07, 6.45) is 0. The quantitative estimate of drug-likeness (QED) is 0.631. The number of carbonyl (C=O) groups is 3. The van der Waals surface area contributed by atoms with Gasteiger partial charge in [0.05, 0.1) is 24.2 Å². The molecule has 1 atom stereocenters. The Morgan fingerprint density at radius 3 is 2.48 bits per heavy atom. The van der Waals surface area contributed by atoms with Gasteiger partial charge in [-0.1, -0.05) is 48.5 Å². The van der Waals surface area contributed by atoms with Crippen LogP contribution >= 0.6 is 11.8 Å². The maximum atomic E-state index is 13.9. The van der Waals surface area contributed by atoms with E-state index in [0.29, 0.717) is 28.4 Å². The van der Waals surface area contributed by atoms with Crippen molar-refractivity contribution in [2.45, 2.75) is 4.87 Å². The number of nitrogens with zero attached hydrogens (tertiary/aromatic N) is 2. The zero-order chi connectivity index (χ0) is 23.0. The van der Waals surface area contributed by atoms with E-state index < -0.39 is 4.87 Å². The first kappa shape index (κ1) is 21.1. The van der Waals surface area contributed by atoms with Crippen LogP contribution in [-0.2, 0) is 19.3 Å². The van der Waals surface area contributed by atoms with Crippen LogP contribution in [-0.4, -0.2) is 37.1 Å². The molecule has 3 amide bonds. The summed E-state index contributed by atoms with van der Waals surface area (Å²) >= 11 is 1.29. The highest BCUT2D eigenvalue weighted by atomic mass is 32.2. The number of ether oxygens (including phenoxy) is 1. The summed E-state index contributed by atoms with van der Waals surface area (Å²) in [6.45, 7) is -0.187. The Morgan fingerprint density at radius 2 is 1.70 bits per heavy atom. The summed E-state index contributed by atoms with van der Waals surface area (Å²) in [7, 11) is 1.53. The average Bonchev–Trinajstić information content (AvgIpc) is 3.31. The molecule has 3 aromatic carbocycles. The zero-order valence-electron chi connectivity index (χ0n) is 17.9. The Labute approximate surface area is 195 Å². The van der Waals surface area contributed by atoms with Crippen LogP contribution in [0.15, 0.2) is 78.9 Å². The van der Waals surface area contributed by atoms with Gasteiger partial charge in [-0.3, -0.25) is 24.2 Å². The summed E-state index contributed by atoms with van der Waals surface area (Å²) in [5, 5.41) is 2.83. The number of rotatable bonds is 5. The van der Waals surface area contributed by atoms with Gasteiger partial charge in [0.25, 0.3) is 5.91 Å². The van der Waals surface area contributed by atoms with Crippen molar-refractivity contribution in [3.05, 3.63) is 84.4 Å². The van der Waals surface area contributed by atoms with Gasteiger partial charge in [-0.05, 0) is 30.3 Å². The highest BCUT2D eigenvalue weighted by Crippen LogP contribution is 2.55. The zero-order valence-corrected chi connectivity index (χ0v) is 18.7. The second-order valence-corrected chi connectivity index (χ2v) is 8.82.